The summed E-state index contributed by atoms with van der Waals surface area (Å²) < 4.78 is 3.26. The molecule has 5 heteroatoms. The van der Waals surface area contributed by atoms with Gasteiger partial charge < -0.3 is 9.67 Å². The SMILES string of the molecule is C/C(=N/N=c1/sc2ccccc2n1C)c1cc(C(C)(C)C)c(O)c(C(C)(C)C)c1. The fraction of sp³-hybridized carbons (Fsp3) is 0.417. The van der Waals surface area contributed by atoms with E-state index in [0.29, 0.717) is 5.75 Å². The number of rotatable bonds is 2. The van der Waals surface area contributed by atoms with E-state index in [-0.39, 0.29) is 10.8 Å². The van der Waals surface area contributed by atoms with Gasteiger partial charge in [-0.2, -0.15) is 5.10 Å². The van der Waals surface area contributed by atoms with Crippen LogP contribution in [0.4, 0.5) is 0 Å². The molecule has 3 aromatic rings. The number of para-hydroxylation sites is 1. The van der Waals surface area contributed by atoms with Gasteiger partial charge in [0.1, 0.15) is 5.75 Å². The second-order valence-corrected chi connectivity index (χ2v) is 10.6. The third kappa shape index (κ3) is 4.30. The van der Waals surface area contributed by atoms with Crippen LogP contribution < -0.4 is 4.80 Å². The summed E-state index contributed by atoms with van der Waals surface area (Å²) in [5.74, 6) is 0.384. The van der Waals surface area contributed by atoms with Gasteiger partial charge >= 0.3 is 0 Å². The number of phenolic OH excluding ortho intramolecular Hbond substituents is 1. The molecular formula is C24H31N3OS. The zero-order valence-corrected chi connectivity index (χ0v) is 19.5. The van der Waals surface area contributed by atoms with Gasteiger partial charge in [-0.3, -0.25) is 0 Å². The Morgan fingerprint density at radius 1 is 0.966 bits per heavy atom. The first kappa shape index (κ1) is 21.3. The maximum atomic E-state index is 10.9. The Balaban J connectivity index is 2.15. The Morgan fingerprint density at radius 2 is 1.52 bits per heavy atom. The van der Waals surface area contributed by atoms with Gasteiger partial charge in [0.15, 0.2) is 0 Å². The molecule has 0 saturated carbocycles. The predicted molar refractivity (Wildman–Crippen MR) is 124 cm³/mol. The molecule has 0 aliphatic heterocycles. The highest BCUT2D eigenvalue weighted by Gasteiger charge is 2.26. The van der Waals surface area contributed by atoms with E-state index in [1.807, 2.05) is 38.2 Å². The van der Waals surface area contributed by atoms with Crippen molar-refractivity contribution in [3.8, 4) is 5.75 Å². The Kier molecular flexibility index (Phi) is 5.48. The van der Waals surface area contributed by atoms with Crippen LogP contribution in [0.1, 0.15) is 65.2 Å². The lowest BCUT2D eigenvalue weighted by atomic mass is 9.78. The Morgan fingerprint density at radius 3 is 2.03 bits per heavy atom. The Labute approximate surface area is 177 Å². The second kappa shape index (κ2) is 7.45. The first-order valence-corrected chi connectivity index (χ1v) is 10.7. The summed E-state index contributed by atoms with van der Waals surface area (Å²) in [7, 11) is 2.01. The Hall–Kier alpha value is -2.40. The fourth-order valence-electron chi connectivity index (χ4n) is 3.34. The highest BCUT2D eigenvalue weighted by Crippen LogP contribution is 2.39. The van der Waals surface area contributed by atoms with E-state index >= 15 is 0 Å². The smallest absolute Gasteiger partial charge is 0.211 e. The van der Waals surface area contributed by atoms with Crippen LogP contribution in [0, 0.1) is 0 Å². The molecule has 0 atom stereocenters. The molecule has 0 unspecified atom stereocenters. The molecule has 0 saturated heterocycles. The van der Waals surface area contributed by atoms with Crippen LogP contribution in [0.15, 0.2) is 46.6 Å². The minimum Gasteiger partial charge on any atom is -0.507 e. The van der Waals surface area contributed by atoms with Crippen molar-refractivity contribution in [2.75, 3.05) is 0 Å². The summed E-state index contributed by atoms with van der Waals surface area (Å²) >= 11 is 1.63. The maximum absolute atomic E-state index is 10.9. The van der Waals surface area contributed by atoms with Crippen molar-refractivity contribution >= 4 is 27.3 Å². The predicted octanol–water partition coefficient (Wildman–Crippen LogP) is 5.87. The van der Waals surface area contributed by atoms with Crippen LogP contribution in [0.2, 0.25) is 0 Å². The molecule has 0 fully saturated rings. The van der Waals surface area contributed by atoms with Crippen molar-refractivity contribution in [2.24, 2.45) is 17.3 Å². The number of aromatic nitrogens is 1. The molecule has 0 bridgehead atoms. The zero-order chi connectivity index (χ0) is 21.6. The third-order valence-electron chi connectivity index (χ3n) is 5.14. The molecule has 4 nitrogen and oxygen atoms in total. The van der Waals surface area contributed by atoms with Gasteiger partial charge in [0, 0.05) is 18.2 Å². The highest BCUT2D eigenvalue weighted by molar-refractivity contribution is 7.16. The van der Waals surface area contributed by atoms with Crippen LogP contribution in [0.5, 0.6) is 5.75 Å². The van der Waals surface area contributed by atoms with Crippen LogP contribution in [0.25, 0.3) is 10.2 Å². The van der Waals surface area contributed by atoms with Gasteiger partial charge in [-0.25, -0.2) is 0 Å². The summed E-state index contributed by atoms with van der Waals surface area (Å²) in [4.78, 5) is 0.858. The van der Waals surface area contributed by atoms with Crippen molar-refractivity contribution in [3.05, 3.63) is 57.9 Å². The highest BCUT2D eigenvalue weighted by atomic mass is 32.1. The fourth-order valence-corrected chi connectivity index (χ4v) is 4.31. The second-order valence-electron chi connectivity index (χ2n) is 9.62. The number of phenols is 1. The number of hydrogen-bond donors (Lipinski definition) is 1. The summed E-state index contributed by atoms with van der Waals surface area (Å²) in [6, 6.07) is 12.3. The Bertz CT molecular complexity index is 1120. The molecule has 0 aliphatic carbocycles. The topological polar surface area (TPSA) is 49.9 Å². The molecular weight excluding hydrogens is 378 g/mol. The van der Waals surface area contributed by atoms with Crippen LogP contribution >= 0.6 is 11.3 Å². The van der Waals surface area contributed by atoms with Gasteiger partial charge in [0.2, 0.25) is 4.80 Å². The summed E-state index contributed by atoms with van der Waals surface area (Å²) in [6.07, 6.45) is 0. The number of aromatic hydroxyl groups is 1. The van der Waals surface area contributed by atoms with E-state index < -0.39 is 0 Å². The molecule has 0 aliphatic rings. The van der Waals surface area contributed by atoms with Gasteiger partial charge in [0.25, 0.3) is 0 Å². The summed E-state index contributed by atoms with van der Waals surface area (Å²) in [6.45, 7) is 14.7. The van der Waals surface area contributed by atoms with Crippen LogP contribution in [0.3, 0.4) is 0 Å². The summed E-state index contributed by atoms with van der Waals surface area (Å²) in [5.41, 5.74) is 4.50. The number of hydrogen-bond acceptors (Lipinski definition) is 4. The lowest BCUT2D eigenvalue weighted by molar-refractivity contribution is 0.423. The number of thiazole rings is 1. The molecule has 29 heavy (non-hydrogen) atoms. The van der Waals surface area contributed by atoms with E-state index in [2.05, 4.69) is 68.4 Å². The molecule has 1 heterocycles. The number of aryl methyl sites for hydroxylation is 1. The molecule has 0 radical (unpaired) electrons. The van der Waals surface area contributed by atoms with Crippen LogP contribution in [-0.4, -0.2) is 15.4 Å². The van der Waals surface area contributed by atoms with Crippen molar-refractivity contribution in [1.29, 1.82) is 0 Å². The average Bonchev–Trinajstić information content (AvgIpc) is 2.94. The number of fused-ring (bicyclic) bond motifs is 1. The first-order valence-electron chi connectivity index (χ1n) is 9.91. The standard InChI is InChI=1S/C24H31N3OS/c1-15(25-26-22-27(8)19-11-9-10-12-20(19)29-22)16-13-17(23(2,3)4)21(28)18(14-16)24(5,6)7/h9-14,28H,1-8H3/b25-15-,26-22+. The van der Waals surface area contributed by atoms with Crippen molar-refractivity contribution < 1.29 is 5.11 Å². The van der Waals surface area contributed by atoms with Gasteiger partial charge in [-0.05, 0) is 47.6 Å². The van der Waals surface area contributed by atoms with Gasteiger partial charge in [0.05, 0.1) is 15.9 Å². The lowest BCUT2D eigenvalue weighted by Gasteiger charge is -2.28. The minimum atomic E-state index is -0.171. The lowest BCUT2D eigenvalue weighted by Crippen LogP contribution is -2.18. The van der Waals surface area contributed by atoms with Crippen LogP contribution in [-0.2, 0) is 17.9 Å². The van der Waals surface area contributed by atoms with E-state index in [9.17, 15) is 5.11 Å². The molecule has 0 amide bonds. The van der Waals surface area contributed by atoms with Crippen molar-refractivity contribution in [1.82, 2.24) is 4.57 Å². The number of benzene rings is 2. The molecule has 154 valence electrons. The van der Waals surface area contributed by atoms with E-state index in [0.717, 1.165) is 32.7 Å². The largest absolute Gasteiger partial charge is 0.507 e. The first-order chi connectivity index (χ1) is 13.4. The molecule has 0 spiro atoms. The normalized spacial score (nSPS) is 14.1. The van der Waals surface area contributed by atoms with Crippen molar-refractivity contribution in [3.63, 3.8) is 0 Å². The average molecular weight is 410 g/mol. The van der Waals surface area contributed by atoms with Gasteiger partial charge in [-0.15, -0.1) is 5.10 Å². The summed E-state index contributed by atoms with van der Waals surface area (Å²) in [5, 5.41) is 20.0. The maximum Gasteiger partial charge on any atom is 0.211 e. The molecule has 3 rings (SSSR count). The number of nitrogens with zero attached hydrogens (tertiary/aromatic N) is 3. The van der Waals surface area contributed by atoms with E-state index in [1.165, 1.54) is 4.70 Å². The molecule has 1 N–H and O–H groups in total. The third-order valence-corrected chi connectivity index (χ3v) is 6.25. The van der Waals surface area contributed by atoms with E-state index in [4.69, 9.17) is 0 Å². The quantitative estimate of drug-likeness (QED) is 0.418. The molecule has 2 aromatic carbocycles. The molecule has 1 aromatic heterocycles. The van der Waals surface area contributed by atoms with Crippen molar-refractivity contribution in [2.45, 2.75) is 59.3 Å². The van der Waals surface area contributed by atoms with Gasteiger partial charge in [-0.1, -0.05) is 65.0 Å². The zero-order valence-electron chi connectivity index (χ0n) is 18.7. The minimum absolute atomic E-state index is 0.171. The van der Waals surface area contributed by atoms with E-state index in [1.54, 1.807) is 11.3 Å². The monoisotopic (exact) mass is 409 g/mol.